The highest BCUT2D eigenvalue weighted by Gasteiger charge is 2.54. The number of Topliss-reactive ketones (excluding diaryl/α,β-unsaturated/α-hetero) is 1. The minimum absolute atomic E-state index is 0.208. The quantitative estimate of drug-likeness (QED) is 0.748. The van der Waals surface area contributed by atoms with Gasteiger partial charge in [0, 0.05) is 12.5 Å². The van der Waals surface area contributed by atoms with E-state index >= 15 is 0 Å². The summed E-state index contributed by atoms with van der Waals surface area (Å²) < 4.78 is 5.50. The van der Waals surface area contributed by atoms with Crippen molar-refractivity contribution >= 4 is 17.7 Å². The average Bonchev–Trinajstić information content (AvgIpc) is 2.66. The Morgan fingerprint density at radius 1 is 1.30 bits per heavy atom. The van der Waals surface area contributed by atoms with Crippen LogP contribution in [0.4, 0.5) is 0 Å². The van der Waals surface area contributed by atoms with E-state index in [4.69, 9.17) is 4.74 Å². The van der Waals surface area contributed by atoms with Gasteiger partial charge in [-0.3, -0.25) is 9.59 Å². The second-order valence-electron chi connectivity index (χ2n) is 6.48. The molecule has 0 aromatic heterocycles. The Hall–Kier alpha value is -1.47. The second kappa shape index (κ2) is 6.97. The van der Waals surface area contributed by atoms with Crippen LogP contribution < -0.4 is 0 Å². The van der Waals surface area contributed by atoms with Gasteiger partial charge < -0.3 is 19.8 Å². The number of carboxylic acid groups (broad SMARTS) is 1. The number of carbonyl (C=O) groups excluding carboxylic acids is 2. The molecular formula is C16H25NO6. The monoisotopic (exact) mass is 327 g/mol. The molecule has 0 saturated carbocycles. The van der Waals surface area contributed by atoms with Crippen molar-refractivity contribution in [3.05, 3.63) is 0 Å². The molecule has 4 unspecified atom stereocenters. The number of hydrogen-bond donors (Lipinski definition) is 2. The van der Waals surface area contributed by atoms with Crippen LogP contribution in [0, 0.1) is 5.92 Å². The standard InChI is InChI=1S/C16H25NO6/c1-3-11-8-7-10(2)13(18)16(22,23-11)15(21)17-9-5-4-6-12(17)14(19)20/h10-12,22H,3-9H2,1-2H3,(H,19,20). The van der Waals surface area contributed by atoms with Gasteiger partial charge in [-0.2, -0.15) is 0 Å². The van der Waals surface area contributed by atoms with E-state index in [2.05, 4.69) is 0 Å². The van der Waals surface area contributed by atoms with E-state index in [-0.39, 0.29) is 6.54 Å². The maximum absolute atomic E-state index is 12.8. The van der Waals surface area contributed by atoms with E-state index in [9.17, 15) is 24.6 Å². The molecule has 2 heterocycles. The fraction of sp³-hybridized carbons (Fsp3) is 0.812. The van der Waals surface area contributed by atoms with Crippen LogP contribution in [0.3, 0.4) is 0 Å². The van der Waals surface area contributed by atoms with E-state index in [1.807, 2.05) is 6.92 Å². The third kappa shape index (κ3) is 3.40. The molecule has 2 rings (SSSR count). The number of ether oxygens (including phenoxy) is 1. The van der Waals surface area contributed by atoms with E-state index in [1.54, 1.807) is 6.92 Å². The lowest BCUT2D eigenvalue weighted by Crippen LogP contribution is -2.61. The summed E-state index contributed by atoms with van der Waals surface area (Å²) in [6.07, 6.45) is 2.95. The Balaban J connectivity index is 2.32. The van der Waals surface area contributed by atoms with Gasteiger partial charge in [0.15, 0.2) is 0 Å². The van der Waals surface area contributed by atoms with E-state index < -0.39 is 41.5 Å². The first-order valence-electron chi connectivity index (χ1n) is 8.29. The number of carboxylic acids is 1. The zero-order chi connectivity index (χ0) is 17.2. The number of piperidine rings is 1. The number of rotatable bonds is 3. The summed E-state index contributed by atoms with van der Waals surface area (Å²) in [5, 5.41) is 20.1. The molecular weight excluding hydrogens is 302 g/mol. The Labute approximate surface area is 135 Å². The van der Waals surface area contributed by atoms with E-state index in [0.29, 0.717) is 38.5 Å². The summed E-state index contributed by atoms with van der Waals surface area (Å²) in [4.78, 5) is 37.8. The van der Waals surface area contributed by atoms with Crippen molar-refractivity contribution in [2.75, 3.05) is 6.54 Å². The number of aliphatic carboxylic acids is 1. The first-order valence-corrected chi connectivity index (χ1v) is 8.29. The molecule has 7 nitrogen and oxygen atoms in total. The minimum atomic E-state index is -2.57. The number of likely N-dealkylation sites (tertiary alicyclic amines) is 1. The van der Waals surface area contributed by atoms with Gasteiger partial charge >= 0.3 is 11.8 Å². The first kappa shape index (κ1) is 17.9. The summed E-state index contributed by atoms with van der Waals surface area (Å²) in [7, 11) is 0. The first-order chi connectivity index (χ1) is 10.8. The number of amides is 1. The van der Waals surface area contributed by atoms with Gasteiger partial charge in [0.05, 0.1) is 6.10 Å². The highest BCUT2D eigenvalue weighted by Crippen LogP contribution is 2.31. The van der Waals surface area contributed by atoms with Crippen molar-refractivity contribution in [2.45, 2.75) is 70.3 Å². The SMILES string of the molecule is CCC1CCC(C)C(=O)C(O)(C(=O)N2CCCCC2C(=O)O)O1. The van der Waals surface area contributed by atoms with Crippen molar-refractivity contribution < 1.29 is 29.3 Å². The lowest BCUT2D eigenvalue weighted by atomic mass is 9.93. The fourth-order valence-electron chi connectivity index (χ4n) is 3.33. The molecule has 23 heavy (non-hydrogen) atoms. The van der Waals surface area contributed by atoms with Crippen molar-refractivity contribution in [1.29, 1.82) is 0 Å². The molecule has 0 aromatic carbocycles. The van der Waals surface area contributed by atoms with Gasteiger partial charge in [0.2, 0.25) is 5.78 Å². The summed E-state index contributed by atoms with van der Waals surface area (Å²) in [5.41, 5.74) is 0. The van der Waals surface area contributed by atoms with Gasteiger partial charge in [-0.25, -0.2) is 4.79 Å². The summed E-state index contributed by atoms with van der Waals surface area (Å²) in [5.74, 6) is -5.80. The summed E-state index contributed by atoms with van der Waals surface area (Å²) in [6.45, 7) is 3.73. The van der Waals surface area contributed by atoms with Crippen LogP contribution in [-0.2, 0) is 19.1 Å². The molecule has 1 amide bonds. The topological polar surface area (TPSA) is 104 Å². The Morgan fingerprint density at radius 2 is 2.00 bits per heavy atom. The Bertz CT molecular complexity index is 493. The maximum Gasteiger partial charge on any atom is 0.326 e. The number of hydrogen-bond acceptors (Lipinski definition) is 5. The fourth-order valence-corrected chi connectivity index (χ4v) is 3.33. The number of carbonyl (C=O) groups is 3. The molecule has 0 aromatic rings. The molecule has 130 valence electrons. The second-order valence-corrected chi connectivity index (χ2v) is 6.48. The largest absolute Gasteiger partial charge is 0.480 e. The van der Waals surface area contributed by atoms with Crippen LogP contribution in [0.5, 0.6) is 0 Å². The summed E-state index contributed by atoms with van der Waals surface area (Å²) >= 11 is 0. The van der Waals surface area contributed by atoms with E-state index in [1.165, 1.54) is 0 Å². The van der Waals surface area contributed by atoms with Crippen molar-refractivity contribution in [3.8, 4) is 0 Å². The highest BCUT2D eigenvalue weighted by atomic mass is 16.6. The van der Waals surface area contributed by atoms with Crippen LogP contribution in [-0.4, -0.2) is 57.3 Å². The minimum Gasteiger partial charge on any atom is -0.480 e. The molecule has 2 fully saturated rings. The van der Waals surface area contributed by atoms with Crippen LogP contribution in [0.25, 0.3) is 0 Å². The number of nitrogens with zero attached hydrogens (tertiary/aromatic N) is 1. The van der Waals surface area contributed by atoms with Gasteiger partial charge in [0.25, 0.3) is 5.91 Å². The molecule has 2 saturated heterocycles. The van der Waals surface area contributed by atoms with Crippen LogP contribution in [0.2, 0.25) is 0 Å². The molecule has 0 aliphatic carbocycles. The third-order valence-corrected chi connectivity index (χ3v) is 4.83. The van der Waals surface area contributed by atoms with Crippen molar-refractivity contribution in [1.82, 2.24) is 4.90 Å². The van der Waals surface area contributed by atoms with E-state index in [0.717, 1.165) is 4.90 Å². The lowest BCUT2D eigenvalue weighted by Gasteiger charge is -2.38. The molecule has 2 aliphatic heterocycles. The zero-order valence-corrected chi connectivity index (χ0v) is 13.7. The number of aliphatic hydroxyl groups is 1. The van der Waals surface area contributed by atoms with Crippen LogP contribution in [0.15, 0.2) is 0 Å². The smallest absolute Gasteiger partial charge is 0.326 e. The Kier molecular flexibility index (Phi) is 5.41. The van der Waals surface area contributed by atoms with Crippen LogP contribution in [0.1, 0.15) is 52.4 Å². The van der Waals surface area contributed by atoms with Gasteiger partial charge in [-0.05, 0) is 38.5 Å². The van der Waals surface area contributed by atoms with Crippen molar-refractivity contribution in [2.24, 2.45) is 5.92 Å². The molecule has 0 bridgehead atoms. The normalized spacial score (nSPS) is 35.7. The highest BCUT2D eigenvalue weighted by molar-refractivity contribution is 6.09. The zero-order valence-electron chi connectivity index (χ0n) is 13.7. The number of ketones is 1. The van der Waals surface area contributed by atoms with Crippen molar-refractivity contribution in [3.63, 3.8) is 0 Å². The van der Waals surface area contributed by atoms with Gasteiger partial charge in [-0.15, -0.1) is 0 Å². The molecule has 0 radical (unpaired) electrons. The molecule has 7 heteroatoms. The predicted octanol–water partition coefficient (Wildman–Crippen LogP) is 0.935. The molecule has 2 N–H and O–H groups in total. The Morgan fingerprint density at radius 3 is 2.61 bits per heavy atom. The molecule has 0 spiro atoms. The average molecular weight is 327 g/mol. The molecule has 2 aliphatic rings. The predicted molar refractivity (Wildman–Crippen MR) is 80.5 cm³/mol. The maximum atomic E-state index is 12.8. The molecule has 4 atom stereocenters. The van der Waals surface area contributed by atoms with Crippen LogP contribution >= 0.6 is 0 Å². The summed E-state index contributed by atoms with van der Waals surface area (Å²) in [6, 6.07) is -1.02. The third-order valence-electron chi connectivity index (χ3n) is 4.83. The lowest BCUT2D eigenvalue weighted by molar-refractivity contribution is -0.229. The van der Waals surface area contributed by atoms with Gasteiger partial charge in [0.1, 0.15) is 6.04 Å². The van der Waals surface area contributed by atoms with Gasteiger partial charge in [-0.1, -0.05) is 13.8 Å².